The van der Waals surface area contributed by atoms with Gasteiger partial charge < -0.3 is 0 Å². The second kappa shape index (κ2) is 4.69. The zero-order valence-electron chi connectivity index (χ0n) is 11.4. The van der Waals surface area contributed by atoms with Crippen molar-refractivity contribution in [1.82, 2.24) is 5.43 Å². The molecule has 0 aromatic heterocycles. The van der Waals surface area contributed by atoms with E-state index in [2.05, 4.69) is 5.43 Å². The molecule has 1 aromatic carbocycles. The quantitative estimate of drug-likeness (QED) is 0.661. The summed E-state index contributed by atoms with van der Waals surface area (Å²) in [5, 5.41) is 0.639. The minimum atomic E-state index is -0.226. The molecule has 5 unspecified atom stereocenters. The lowest BCUT2D eigenvalue weighted by Crippen LogP contribution is -2.40. The summed E-state index contributed by atoms with van der Waals surface area (Å²) in [4.78, 5) is 0. The first-order valence-corrected chi connectivity index (χ1v) is 7.97. The molecule has 20 heavy (non-hydrogen) atoms. The van der Waals surface area contributed by atoms with Crippen molar-refractivity contribution in [3.8, 4) is 0 Å². The summed E-state index contributed by atoms with van der Waals surface area (Å²) in [5.74, 6) is 9.80. The molecule has 2 bridgehead atoms. The van der Waals surface area contributed by atoms with Gasteiger partial charge in [0.2, 0.25) is 0 Å². The molecular weight excluding hydrogens is 275 g/mol. The van der Waals surface area contributed by atoms with Gasteiger partial charge in [0.15, 0.2) is 0 Å². The van der Waals surface area contributed by atoms with Crippen molar-refractivity contribution in [1.29, 1.82) is 0 Å². The molecule has 3 aliphatic rings. The second-order valence-electron chi connectivity index (χ2n) is 6.78. The van der Waals surface area contributed by atoms with E-state index in [1.54, 1.807) is 12.1 Å². The highest BCUT2D eigenvalue weighted by atomic mass is 35.5. The zero-order valence-corrected chi connectivity index (χ0v) is 12.1. The Morgan fingerprint density at radius 3 is 2.65 bits per heavy atom. The summed E-state index contributed by atoms with van der Waals surface area (Å²) in [6, 6.07) is 4.81. The molecule has 0 heterocycles. The second-order valence-corrected chi connectivity index (χ2v) is 7.19. The number of hydrazine groups is 1. The Morgan fingerprint density at radius 1 is 1.30 bits per heavy atom. The predicted molar refractivity (Wildman–Crippen MR) is 77.5 cm³/mol. The summed E-state index contributed by atoms with van der Waals surface area (Å²) in [6.45, 7) is 0. The summed E-state index contributed by atoms with van der Waals surface area (Å²) >= 11 is 6.18. The fourth-order valence-corrected chi connectivity index (χ4v) is 5.37. The van der Waals surface area contributed by atoms with Gasteiger partial charge in [-0.05, 0) is 79.0 Å². The largest absolute Gasteiger partial charge is 0.271 e. The Morgan fingerprint density at radius 2 is 2.00 bits per heavy atom. The third-order valence-corrected chi connectivity index (χ3v) is 6.29. The van der Waals surface area contributed by atoms with E-state index in [1.165, 1.54) is 25.3 Å². The number of hydrogen-bond acceptors (Lipinski definition) is 2. The van der Waals surface area contributed by atoms with Crippen LogP contribution in [0.4, 0.5) is 4.39 Å². The van der Waals surface area contributed by atoms with Crippen molar-refractivity contribution in [2.45, 2.75) is 31.7 Å². The monoisotopic (exact) mass is 294 g/mol. The first-order valence-electron chi connectivity index (χ1n) is 7.59. The predicted octanol–water partition coefficient (Wildman–Crippen LogP) is 3.15. The molecule has 108 valence electrons. The maximum Gasteiger partial charge on any atom is 0.123 e. The smallest absolute Gasteiger partial charge is 0.123 e. The van der Waals surface area contributed by atoms with Crippen molar-refractivity contribution < 1.29 is 4.39 Å². The molecule has 2 nitrogen and oxygen atoms in total. The van der Waals surface area contributed by atoms with E-state index in [-0.39, 0.29) is 11.9 Å². The average Bonchev–Trinajstić information content (AvgIpc) is 2.87. The van der Waals surface area contributed by atoms with E-state index in [9.17, 15) is 4.39 Å². The molecule has 0 radical (unpaired) electrons. The molecular formula is C16H20ClFN2. The molecule has 5 atom stereocenters. The van der Waals surface area contributed by atoms with Gasteiger partial charge in [-0.2, -0.15) is 0 Å². The lowest BCUT2D eigenvalue weighted by atomic mass is 9.93. The third kappa shape index (κ3) is 1.91. The number of nitrogens with one attached hydrogen (secondary N) is 1. The first-order chi connectivity index (χ1) is 9.69. The van der Waals surface area contributed by atoms with Crippen LogP contribution in [0.2, 0.25) is 5.02 Å². The van der Waals surface area contributed by atoms with Crippen molar-refractivity contribution in [3.63, 3.8) is 0 Å². The normalized spacial score (nSPS) is 38.9. The van der Waals surface area contributed by atoms with E-state index in [0.29, 0.717) is 10.9 Å². The van der Waals surface area contributed by atoms with Crippen LogP contribution in [-0.2, 0) is 6.42 Å². The third-order valence-electron chi connectivity index (χ3n) is 5.92. The van der Waals surface area contributed by atoms with E-state index < -0.39 is 0 Å². The van der Waals surface area contributed by atoms with Gasteiger partial charge in [0.25, 0.3) is 0 Å². The number of fused-ring (bicyclic) bond motifs is 5. The number of hydrogen-bond donors (Lipinski definition) is 2. The molecule has 3 N–H and O–H groups in total. The maximum atomic E-state index is 13.4. The zero-order chi connectivity index (χ0) is 13.9. The Kier molecular flexibility index (Phi) is 3.06. The van der Waals surface area contributed by atoms with E-state index in [1.807, 2.05) is 0 Å². The molecule has 4 rings (SSSR count). The summed E-state index contributed by atoms with van der Waals surface area (Å²) in [5.41, 5.74) is 3.84. The minimum absolute atomic E-state index is 0.226. The molecule has 1 aromatic rings. The van der Waals surface area contributed by atoms with Crippen LogP contribution in [0.3, 0.4) is 0 Å². The van der Waals surface area contributed by atoms with Crippen molar-refractivity contribution >= 4 is 11.6 Å². The standard InChI is InChI=1S/C16H20ClFN2/c17-12-4-3-11(18)6-10(12)7-13(20-19)16-14-8-1-2-9(5-8)15(14)16/h3-4,6,8-9,13-16,20H,1-2,5,7,19H2. The van der Waals surface area contributed by atoms with Gasteiger partial charge in [-0.1, -0.05) is 11.6 Å². The summed E-state index contributed by atoms with van der Waals surface area (Å²) in [7, 11) is 0. The van der Waals surface area contributed by atoms with Crippen molar-refractivity contribution in [3.05, 3.63) is 34.6 Å². The van der Waals surface area contributed by atoms with Gasteiger partial charge in [-0.15, -0.1) is 0 Å². The molecule has 4 heteroatoms. The Hall–Kier alpha value is -0.640. The van der Waals surface area contributed by atoms with Crippen LogP contribution in [0.1, 0.15) is 24.8 Å². The number of rotatable bonds is 4. The molecule has 0 saturated heterocycles. The van der Waals surface area contributed by atoms with Gasteiger partial charge in [0.1, 0.15) is 5.82 Å². The van der Waals surface area contributed by atoms with Gasteiger partial charge in [-0.3, -0.25) is 11.3 Å². The van der Waals surface area contributed by atoms with Crippen molar-refractivity contribution in [2.75, 3.05) is 0 Å². The lowest BCUT2D eigenvalue weighted by molar-refractivity contribution is 0.364. The summed E-state index contributed by atoms with van der Waals surface area (Å²) in [6.07, 6.45) is 4.97. The molecule has 3 fully saturated rings. The SMILES string of the molecule is NNC(Cc1cc(F)ccc1Cl)C1C2C3CCC(C3)C21. The lowest BCUT2D eigenvalue weighted by Gasteiger charge is -2.20. The van der Waals surface area contributed by atoms with Gasteiger partial charge in [0, 0.05) is 11.1 Å². The molecule has 0 spiro atoms. The van der Waals surface area contributed by atoms with Crippen LogP contribution < -0.4 is 11.3 Å². The maximum absolute atomic E-state index is 13.4. The average molecular weight is 295 g/mol. The van der Waals surface area contributed by atoms with Gasteiger partial charge in [-0.25, -0.2) is 4.39 Å². The van der Waals surface area contributed by atoms with Gasteiger partial charge in [0.05, 0.1) is 0 Å². The van der Waals surface area contributed by atoms with Crippen molar-refractivity contribution in [2.24, 2.45) is 35.4 Å². The highest BCUT2D eigenvalue weighted by molar-refractivity contribution is 6.31. The van der Waals surface area contributed by atoms with Crippen LogP contribution in [0.25, 0.3) is 0 Å². The number of nitrogens with two attached hydrogens (primary N) is 1. The Labute approximate surface area is 123 Å². The molecule has 3 aliphatic carbocycles. The van der Waals surface area contributed by atoms with E-state index in [4.69, 9.17) is 17.4 Å². The first kappa shape index (κ1) is 13.1. The molecule has 0 aliphatic heterocycles. The molecule has 3 saturated carbocycles. The fraction of sp³-hybridized carbons (Fsp3) is 0.625. The minimum Gasteiger partial charge on any atom is -0.271 e. The fourth-order valence-electron chi connectivity index (χ4n) is 5.17. The van der Waals surface area contributed by atoms with E-state index in [0.717, 1.165) is 35.7 Å². The van der Waals surface area contributed by atoms with Crippen LogP contribution in [0.5, 0.6) is 0 Å². The Balaban J connectivity index is 1.51. The molecule has 0 amide bonds. The topological polar surface area (TPSA) is 38.0 Å². The van der Waals surface area contributed by atoms with Crippen LogP contribution in [-0.4, -0.2) is 6.04 Å². The van der Waals surface area contributed by atoms with Crippen LogP contribution in [0, 0.1) is 35.4 Å². The van der Waals surface area contributed by atoms with Gasteiger partial charge >= 0.3 is 0 Å². The summed E-state index contributed by atoms with van der Waals surface area (Å²) < 4.78 is 13.4. The van der Waals surface area contributed by atoms with Crippen LogP contribution in [0.15, 0.2) is 18.2 Å². The highest BCUT2D eigenvalue weighted by Gasteiger charge is 2.66. The highest BCUT2D eigenvalue weighted by Crippen LogP contribution is 2.70. The van der Waals surface area contributed by atoms with E-state index >= 15 is 0 Å². The Bertz CT molecular complexity index is 519. The number of halogens is 2. The van der Waals surface area contributed by atoms with Crippen LogP contribution >= 0.6 is 11.6 Å². The number of benzene rings is 1.